The van der Waals surface area contributed by atoms with Crippen molar-refractivity contribution in [1.82, 2.24) is 9.97 Å². The highest BCUT2D eigenvalue weighted by molar-refractivity contribution is 7.29. The Labute approximate surface area is 172 Å². The molecule has 0 spiro atoms. The molecule has 0 N–H and O–H groups in total. The summed E-state index contributed by atoms with van der Waals surface area (Å²) in [6, 6.07) is 16.1. The first-order valence-electron chi connectivity index (χ1n) is 9.30. The maximum absolute atomic E-state index is 5.95. The number of benzene rings is 2. The van der Waals surface area contributed by atoms with Crippen molar-refractivity contribution in [3.63, 3.8) is 0 Å². The fourth-order valence-corrected chi connectivity index (χ4v) is 4.97. The molecule has 0 unspecified atom stereocenters. The van der Waals surface area contributed by atoms with Crippen molar-refractivity contribution in [3.8, 4) is 32.6 Å². The Morgan fingerprint density at radius 3 is 1.43 bits per heavy atom. The Hall–Kier alpha value is -2.44. The third-order valence-electron chi connectivity index (χ3n) is 3.94. The molecule has 0 radical (unpaired) electrons. The van der Waals surface area contributed by atoms with Gasteiger partial charge in [0.1, 0.15) is 21.5 Å². The molecular weight excluding hydrogens is 388 g/mol. The Bertz CT molecular complexity index is 984. The van der Waals surface area contributed by atoms with Gasteiger partial charge in [0.05, 0.1) is 23.3 Å². The van der Waals surface area contributed by atoms with Gasteiger partial charge in [-0.15, -0.1) is 0 Å². The highest BCUT2D eigenvalue weighted by atomic mass is 32.1. The molecule has 4 nitrogen and oxygen atoms in total. The number of hydrogen-bond acceptors (Lipinski definition) is 6. The van der Waals surface area contributed by atoms with E-state index in [-0.39, 0.29) is 12.2 Å². The largest absolute Gasteiger partial charge is 0.490 e. The Balaban J connectivity index is 1.71. The molecule has 0 aliphatic rings. The molecule has 2 heterocycles. The topological polar surface area (TPSA) is 44.2 Å². The van der Waals surface area contributed by atoms with Gasteiger partial charge >= 0.3 is 0 Å². The van der Waals surface area contributed by atoms with E-state index in [1.807, 2.05) is 76.2 Å². The SMILES string of the molecule is CC(C)Oc1ccccc1-c1nc2sc(-c3ccccc3OC(C)C)nc2s1. The number of aromatic nitrogens is 2. The quantitative estimate of drug-likeness (QED) is 0.356. The fourth-order valence-electron chi connectivity index (χ4n) is 2.87. The number of nitrogens with zero attached hydrogens (tertiary/aromatic N) is 2. The van der Waals surface area contributed by atoms with E-state index in [0.29, 0.717) is 0 Å². The summed E-state index contributed by atoms with van der Waals surface area (Å²) >= 11 is 3.19. The van der Waals surface area contributed by atoms with E-state index >= 15 is 0 Å². The number of rotatable bonds is 6. The molecule has 0 saturated carbocycles. The van der Waals surface area contributed by atoms with Crippen LogP contribution in [0.3, 0.4) is 0 Å². The summed E-state index contributed by atoms with van der Waals surface area (Å²) in [6.07, 6.45) is 0.230. The van der Waals surface area contributed by atoms with Gasteiger partial charge in [0.2, 0.25) is 0 Å². The Kier molecular flexibility index (Phi) is 5.33. The van der Waals surface area contributed by atoms with E-state index in [1.165, 1.54) is 0 Å². The second-order valence-corrected chi connectivity index (χ2v) is 8.93. The minimum absolute atomic E-state index is 0.115. The molecule has 0 aliphatic heterocycles. The van der Waals surface area contributed by atoms with Crippen molar-refractivity contribution >= 4 is 32.3 Å². The first kappa shape index (κ1) is 18.9. The number of thiazole rings is 2. The van der Waals surface area contributed by atoms with Gasteiger partial charge in [-0.2, -0.15) is 0 Å². The third kappa shape index (κ3) is 3.88. The number of ether oxygens (including phenoxy) is 2. The summed E-state index contributed by atoms with van der Waals surface area (Å²) in [7, 11) is 0. The van der Waals surface area contributed by atoms with Crippen LogP contribution in [0, 0.1) is 0 Å². The van der Waals surface area contributed by atoms with Gasteiger partial charge in [-0.25, -0.2) is 9.97 Å². The lowest BCUT2D eigenvalue weighted by atomic mass is 10.2. The van der Waals surface area contributed by atoms with Gasteiger partial charge in [-0.3, -0.25) is 0 Å². The van der Waals surface area contributed by atoms with E-state index in [4.69, 9.17) is 19.4 Å². The van der Waals surface area contributed by atoms with E-state index in [9.17, 15) is 0 Å². The van der Waals surface area contributed by atoms with Gasteiger partial charge in [0, 0.05) is 0 Å². The maximum atomic E-state index is 5.95. The van der Waals surface area contributed by atoms with Crippen LogP contribution in [0.5, 0.6) is 11.5 Å². The second kappa shape index (κ2) is 7.89. The van der Waals surface area contributed by atoms with Crippen molar-refractivity contribution in [2.24, 2.45) is 0 Å². The van der Waals surface area contributed by atoms with E-state index < -0.39 is 0 Å². The molecule has 0 amide bonds. The van der Waals surface area contributed by atoms with Crippen LogP contribution in [0.15, 0.2) is 48.5 Å². The van der Waals surface area contributed by atoms with Crippen LogP contribution < -0.4 is 9.47 Å². The molecule has 0 saturated heterocycles. The van der Waals surface area contributed by atoms with Crippen molar-refractivity contribution in [2.45, 2.75) is 39.9 Å². The van der Waals surface area contributed by atoms with Crippen molar-refractivity contribution < 1.29 is 9.47 Å². The summed E-state index contributed by atoms with van der Waals surface area (Å²) in [4.78, 5) is 11.6. The maximum Gasteiger partial charge on any atom is 0.155 e. The van der Waals surface area contributed by atoms with Gasteiger partial charge in [-0.1, -0.05) is 46.9 Å². The van der Waals surface area contributed by atoms with Gasteiger partial charge in [-0.05, 0) is 52.0 Å². The Morgan fingerprint density at radius 2 is 1.04 bits per heavy atom. The third-order valence-corrected chi connectivity index (χ3v) is 6.03. The molecule has 0 aliphatic carbocycles. The molecule has 4 rings (SSSR count). The summed E-state index contributed by atoms with van der Waals surface area (Å²) < 4.78 is 11.9. The van der Waals surface area contributed by atoms with Crippen molar-refractivity contribution in [1.29, 1.82) is 0 Å². The number of fused-ring (bicyclic) bond motifs is 1. The summed E-state index contributed by atoms with van der Waals surface area (Å²) in [6.45, 7) is 8.12. The van der Waals surface area contributed by atoms with E-state index in [0.717, 1.165) is 42.3 Å². The average Bonchev–Trinajstić information content (AvgIpc) is 3.20. The molecule has 0 fully saturated rings. The van der Waals surface area contributed by atoms with Crippen LogP contribution >= 0.6 is 22.7 Å². The zero-order valence-corrected chi connectivity index (χ0v) is 17.9. The van der Waals surface area contributed by atoms with Crippen molar-refractivity contribution in [3.05, 3.63) is 48.5 Å². The smallest absolute Gasteiger partial charge is 0.155 e. The molecule has 2 aromatic heterocycles. The lowest BCUT2D eigenvalue weighted by Gasteiger charge is -2.12. The minimum atomic E-state index is 0.115. The molecule has 4 aromatic rings. The molecule has 0 atom stereocenters. The van der Waals surface area contributed by atoms with Gasteiger partial charge in [0.15, 0.2) is 9.66 Å². The van der Waals surface area contributed by atoms with Crippen molar-refractivity contribution in [2.75, 3.05) is 0 Å². The van der Waals surface area contributed by atoms with Crippen LogP contribution in [0.25, 0.3) is 30.8 Å². The summed E-state index contributed by atoms with van der Waals surface area (Å²) in [5.41, 5.74) is 2.02. The molecule has 2 aromatic carbocycles. The minimum Gasteiger partial charge on any atom is -0.490 e. The zero-order chi connectivity index (χ0) is 19.7. The predicted octanol–water partition coefficient (Wildman–Crippen LogP) is 6.66. The number of hydrogen-bond donors (Lipinski definition) is 0. The van der Waals surface area contributed by atoms with E-state index in [1.54, 1.807) is 22.7 Å². The molecular formula is C22H22N2O2S2. The van der Waals surface area contributed by atoms with Crippen LogP contribution in [-0.2, 0) is 0 Å². The predicted molar refractivity (Wildman–Crippen MR) is 118 cm³/mol. The average molecular weight is 411 g/mol. The lowest BCUT2D eigenvalue weighted by Crippen LogP contribution is -2.06. The standard InChI is InChI=1S/C22H22N2O2S2/c1-13(2)25-17-11-7-5-9-15(17)19-23-21-22(27-19)24-20(28-21)16-10-6-8-12-18(16)26-14(3)4/h5-14H,1-4H3. The summed E-state index contributed by atoms with van der Waals surface area (Å²) in [5, 5.41) is 1.87. The van der Waals surface area contributed by atoms with Gasteiger partial charge < -0.3 is 9.47 Å². The number of para-hydroxylation sites is 2. The second-order valence-electron chi connectivity index (χ2n) is 6.97. The highest BCUT2D eigenvalue weighted by Gasteiger charge is 2.18. The van der Waals surface area contributed by atoms with Crippen LogP contribution in [0.1, 0.15) is 27.7 Å². The normalized spacial score (nSPS) is 11.5. The molecule has 6 heteroatoms. The van der Waals surface area contributed by atoms with Gasteiger partial charge in [0.25, 0.3) is 0 Å². The molecule has 0 bridgehead atoms. The van der Waals surface area contributed by atoms with Crippen LogP contribution in [-0.4, -0.2) is 22.2 Å². The Morgan fingerprint density at radius 1 is 0.643 bits per heavy atom. The summed E-state index contributed by atoms with van der Waals surface area (Å²) in [5.74, 6) is 1.71. The lowest BCUT2D eigenvalue weighted by molar-refractivity contribution is 0.243. The van der Waals surface area contributed by atoms with E-state index in [2.05, 4.69) is 0 Å². The fraction of sp³-hybridized carbons (Fsp3) is 0.273. The monoisotopic (exact) mass is 410 g/mol. The zero-order valence-electron chi connectivity index (χ0n) is 16.3. The van der Waals surface area contributed by atoms with Crippen LogP contribution in [0.4, 0.5) is 0 Å². The molecule has 144 valence electrons. The highest BCUT2D eigenvalue weighted by Crippen LogP contribution is 2.41. The molecule has 28 heavy (non-hydrogen) atoms. The first-order valence-corrected chi connectivity index (χ1v) is 10.9. The van der Waals surface area contributed by atoms with Crippen LogP contribution in [0.2, 0.25) is 0 Å². The first-order chi connectivity index (χ1) is 13.5.